The molecule has 1 aromatic rings. The molecule has 3 aliphatic heterocycles. The Labute approximate surface area is 280 Å². The van der Waals surface area contributed by atoms with E-state index < -0.39 is 53.6 Å². The highest BCUT2D eigenvalue weighted by molar-refractivity contribution is 9.09. The molecule has 1 spiro atoms. The van der Waals surface area contributed by atoms with Crippen LogP contribution in [-0.2, 0) is 35.1 Å². The smallest absolute Gasteiger partial charge is 0.312 e. The fourth-order valence-electron chi connectivity index (χ4n) is 7.40. The lowest BCUT2D eigenvalue weighted by atomic mass is 9.70. The van der Waals surface area contributed by atoms with E-state index in [1.54, 1.807) is 24.0 Å². The number of likely N-dealkylation sites (tertiary alicyclic amines) is 1. The Kier molecular flexibility index (Phi) is 12.2. The van der Waals surface area contributed by atoms with Gasteiger partial charge in [0.15, 0.2) is 0 Å². The number of allylic oxidation sites excluding steroid dienone is 1. The third-order valence-corrected chi connectivity index (χ3v) is 10.3. The molecule has 2 N–H and O–H groups in total. The molecule has 2 unspecified atom stereocenters. The Balaban J connectivity index is 1.69. The van der Waals surface area contributed by atoms with Gasteiger partial charge in [0.25, 0.3) is 0 Å². The number of aliphatic hydroxyl groups is 1. The maximum atomic E-state index is 14.7. The number of hydrogen-bond acceptors (Lipinski definition) is 7. The molecule has 3 aliphatic rings. The van der Waals surface area contributed by atoms with Crippen molar-refractivity contribution in [2.24, 2.45) is 11.8 Å². The molecule has 2 bridgehead atoms. The summed E-state index contributed by atoms with van der Waals surface area (Å²) in [4.78, 5) is 58.3. The van der Waals surface area contributed by atoms with Crippen LogP contribution >= 0.6 is 15.9 Å². The van der Waals surface area contributed by atoms with E-state index in [9.17, 15) is 24.3 Å². The van der Waals surface area contributed by atoms with Crippen molar-refractivity contribution >= 4 is 39.6 Å². The first kappa shape index (κ1) is 35.8. The first-order valence-electron chi connectivity index (χ1n) is 16.3. The van der Waals surface area contributed by atoms with Gasteiger partial charge in [-0.25, -0.2) is 0 Å². The summed E-state index contributed by atoms with van der Waals surface area (Å²) in [5.74, 6) is -3.41. The number of carbonyl (C=O) groups excluding carboxylic acids is 4. The Morgan fingerprint density at radius 3 is 2.59 bits per heavy atom. The summed E-state index contributed by atoms with van der Waals surface area (Å²) in [6, 6.07) is 7.58. The van der Waals surface area contributed by atoms with Gasteiger partial charge in [0.2, 0.25) is 17.7 Å². The van der Waals surface area contributed by atoms with Gasteiger partial charge in [-0.15, -0.1) is 13.2 Å². The molecule has 9 atom stereocenters. The van der Waals surface area contributed by atoms with Crippen molar-refractivity contribution in [1.82, 2.24) is 15.1 Å². The lowest BCUT2D eigenvalue weighted by Gasteiger charge is -2.41. The van der Waals surface area contributed by atoms with Crippen molar-refractivity contribution in [3.05, 3.63) is 61.2 Å². The normalized spacial score (nSPS) is 28.2. The maximum Gasteiger partial charge on any atom is 0.312 e. The average molecular weight is 703 g/mol. The van der Waals surface area contributed by atoms with Crippen LogP contribution in [0.15, 0.2) is 55.6 Å². The average Bonchev–Trinajstić information content (AvgIpc) is 3.63. The van der Waals surface area contributed by atoms with E-state index in [0.29, 0.717) is 19.3 Å². The molecular formula is C35H48BrN3O7. The summed E-state index contributed by atoms with van der Waals surface area (Å²) < 4.78 is 12.5. The van der Waals surface area contributed by atoms with Crippen molar-refractivity contribution in [1.29, 1.82) is 0 Å². The van der Waals surface area contributed by atoms with Crippen molar-refractivity contribution in [2.75, 3.05) is 19.7 Å². The number of ether oxygens (including phenoxy) is 2. The molecule has 1 aromatic carbocycles. The fraction of sp³-hybridized carbons (Fsp3) is 0.600. The minimum atomic E-state index is -1.30. The van der Waals surface area contributed by atoms with E-state index in [2.05, 4.69) is 41.3 Å². The number of hydrogen-bond donors (Lipinski definition) is 2. The molecule has 46 heavy (non-hydrogen) atoms. The number of nitrogens with one attached hydrogen (secondary N) is 1. The number of alkyl halides is 1. The Morgan fingerprint density at radius 2 is 1.96 bits per heavy atom. The molecule has 10 nitrogen and oxygen atoms in total. The summed E-state index contributed by atoms with van der Waals surface area (Å²) in [6.07, 6.45) is 5.09. The van der Waals surface area contributed by atoms with Gasteiger partial charge < -0.3 is 29.7 Å². The second-order valence-corrected chi connectivity index (χ2v) is 13.9. The molecule has 3 amide bonds. The summed E-state index contributed by atoms with van der Waals surface area (Å²) in [5.41, 5.74) is -0.394. The summed E-state index contributed by atoms with van der Waals surface area (Å²) in [6.45, 7) is 13.2. The van der Waals surface area contributed by atoms with Gasteiger partial charge in [0.1, 0.15) is 17.7 Å². The number of aliphatic hydroxyl groups excluding tert-OH is 1. The van der Waals surface area contributed by atoms with Crippen LogP contribution in [0.3, 0.4) is 0 Å². The van der Waals surface area contributed by atoms with Gasteiger partial charge in [-0.1, -0.05) is 71.8 Å². The zero-order valence-electron chi connectivity index (χ0n) is 27.1. The van der Waals surface area contributed by atoms with E-state index in [0.717, 1.165) is 18.4 Å². The minimum Gasteiger partial charge on any atom is -0.460 e. The van der Waals surface area contributed by atoms with Crippen LogP contribution in [-0.4, -0.2) is 99.1 Å². The molecule has 0 aliphatic carbocycles. The highest BCUT2D eigenvalue weighted by atomic mass is 79.9. The first-order valence-corrected chi connectivity index (χ1v) is 17.2. The molecule has 252 valence electrons. The minimum absolute atomic E-state index is 0.115. The predicted octanol–water partition coefficient (Wildman–Crippen LogP) is 3.56. The largest absolute Gasteiger partial charge is 0.460 e. The third kappa shape index (κ3) is 7.11. The zero-order chi connectivity index (χ0) is 33.6. The van der Waals surface area contributed by atoms with Gasteiger partial charge in [0.05, 0.1) is 37.1 Å². The van der Waals surface area contributed by atoms with Crippen LogP contribution in [0.1, 0.15) is 58.4 Å². The number of halogens is 1. The predicted molar refractivity (Wildman–Crippen MR) is 178 cm³/mol. The van der Waals surface area contributed by atoms with Gasteiger partial charge in [-0.2, -0.15) is 0 Å². The number of benzene rings is 1. The van der Waals surface area contributed by atoms with Crippen LogP contribution in [0.4, 0.5) is 0 Å². The van der Waals surface area contributed by atoms with Crippen LogP contribution in [0.25, 0.3) is 0 Å². The highest BCUT2D eigenvalue weighted by Gasteiger charge is 2.77. The second kappa shape index (κ2) is 15.7. The number of nitrogens with zero attached hydrogens (tertiary/aromatic N) is 2. The monoisotopic (exact) mass is 701 g/mol. The SMILES string of the molecule is C=CCCC(=O)NC[C@H](C)OC(=O)[C@@H]1[C@H]2O[C@@]3(CC2Br)[C@H](C(=O)N(CC=C)C(C)CCC)N([C@@H](CO)Cc2ccccc2)C(=O)[C@@H]13. The number of fused-ring (bicyclic) bond motifs is 1. The third-order valence-electron chi connectivity index (χ3n) is 9.48. The van der Waals surface area contributed by atoms with Crippen LogP contribution in [0.5, 0.6) is 0 Å². The van der Waals surface area contributed by atoms with Crippen LogP contribution in [0.2, 0.25) is 0 Å². The van der Waals surface area contributed by atoms with Gasteiger partial charge in [-0.05, 0) is 45.1 Å². The topological polar surface area (TPSA) is 125 Å². The van der Waals surface area contributed by atoms with E-state index in [1.165, 1.54) is 4.90 Å². The van der Waals surface area contributed by atoms with Crippen molar-refractivity contribution in [3.63, 3.8) is 0 Å². The molecule has 3 heterocycles. The van der Waals surface area contributed by atoms with E-state index in [4.69, 9.17) is 9.47 Å². The second-order valence-electron chi connectivity index (χ2n) is 12.7. The lowest BCUT2D eigenvalue weighted by Crippen LogP contribution is -2.60. The molecule has 11 heteroatoms. The summed E-state index contributed by atoms with van der Waals surface area (Å²) in [5, 5.41) is 13.5. The number of esters is 1. The van der Waals surface area contributed by atoms with E-state index >= 15 is 0 Å². The van der Waals surface area contributed by atoms with Crippen molar-refractivity contribution < 1.29 is 33.8 Å². The summed E-state index contributed by atoms with van der Waals surface area (Å²) in [7, 11) is 0. The lowest BCUT2D eigenvalue weighted by molar-refractivity contribution is -0.160. The quantitative estimate of drug-likeness (QED) is 0.145. The van der Waals surface area contributed by atoms with Crippen molar-refractivity contribution in [3.8, 4) is 0 Å². The molecule has 3 saturated heterocycles. The van der Waals surface area contributed by atoms with Crippen molar-refractivity contribution in [2.45, 2.75) is 100 Å². The Bertz CT molecular complexity index is 1280. The fourth-order valence-corrected chi connectivity index (χ4v) is 8.34. The number of rotatable bonds is 17. The zero-order valence-corrected chi connectivity index (χ0v) is 28.7. The van der Waals surface area contributed by atoms with Gasteiger partial charge >= 0.3 is 5.97 Å². The molecule has 4 rings (SSSR count). The number of carbonyl (C=O) groups is 4. The molecular weight excluding hydrogens is 654 g/mol. The molecule has 3 fully saturated rings. The Hall–Kier alpha value is -3.02. The first-order chi connectivity index (χ1) is 22.0. The molecule has 0 radical (unpaired) electrons. The van der Waals surface area contributed by atoms with Gasteiger partial charge in [0, 0.05) is 23.8 Å². The van der Waals surface area contributed by atoms with Crippen LogP contribution in [0, 0.1) is 11.8 Å². The molecule has 0 saturated carbocycles. The van der Waals surface area contributed by atoms with Crippen LogP contribution < -0.4 is 5.32 Å². The Morgan fingerprint density at radius 1 is 1.24 bits per heavy atom. The standard InChI is InChI=1S/C35H48BrN3O7/c1-6-9-16-27(41)37-20-23(5)45-34(44)28-29-32(42)39(25(21-40)18-24-14-11-10-12-15-24)31(35(29)19-26(36)30(28)46-35)33(43)38(17-8-3)22(4)13-7-2/h6,8,10-12,14-15,22-23,25-26,28-31,40H,1,3,7,9,13,16-21H2,2,4-5H3,(H,37,41)/t22?,23-,25+,26?,28-,29+,30-,31-,35+/m0/s1. The summed E-state index contributed by atoms with van der Waals surface area (Å²) >= 11 is 3.70. The highest BCUT2D eigenvalue weighted by Crippen LogP contribution is 2.61. The maximum absolute atomic E-state index is 14.7. The van der Waals surface area contributed by atoms with E-state index in [-0.39, 0.29) is 48.8 Å². The number of amides is 3. The molecule has 0 aromatic heterocycles. The van der Waals surface area contributed by atoms with Gasteiger partial charge in [-0.3, -0.25) is 19.2 Å². The van der Waals surface area contributed by atoms with E-state index in [1.807, 2.05) is 37.3 Å².